The molecule has 0 aliphatic heterocycles. The van der Waals surface area contributed by atoms with Crippen LogP contribution in [0.25, 0.3) is 0 Å². The Bertz CT molecular complexity index is 275. The van der Waals surface area contributed by atoms with Crippen molar-refractivity contribution in [3.8, 4) is 0 Å². The normalized spacial score (nSPS) is 12.0. The van der Waals surface area contributed by atoms with Crippen LogP contribution in [0.5, 0.6) is 0 Å². The molecule has 0 amide bonds. The van der Waals surface area contributed by atoms with Crippen molar-refractivity contribution in [1.82, 2.24) is 15.2 Å². The van der Waals surface area contributed by atoms with Gasteiger partial charge in [-0.25, -0.2) is 4.98 Å². The molecule has 4 heteroatoms. The lowest BCUT2D eigenvalue weighted by Gasteiger charge is -2.18. The minimum absolute atomic E-state index is 0.127. The highest BCUT2D eigenvalue weighted by Gasteiger charge is 2.11. The van der Waals surface area contributed by atoms with Crippen LogP contribution in [0.3, 0.4) is 0 Å². The first-order valence-electron chi connectivity index (χ1n) is 5.05. The maximum atomic E-state index is 5.57. The summed E-state index contributed by atoms with van der Waals surface area (Å²) in [5.41, 5.74) is -0.127. The maximum Gasteiger partial charge on any atom is 0.150 e. The summed E-state index contributed by atoms with van der Waals surface area (Å²) in [6.45, 7) is 8.69. The highest BCUT2D eigenvalue weighted by Crippen LogP contribution is 2.09. The molecule has 0 saturated carbocycles. The molecule has 0 saturated heterocycles. The zero-order valence-corrected chi connectivity index (χ0v) is 9.42. The maximum absolute atomic E-state index is 5.57. The Morgan fingerprint density at radius 1 is 1.36 bits per heavy atom. The molecular weight excluding hydrogens is 178 g/mol. The number of nitrogens with one attached hydrogen (secondary N) is 1. The van der Waals surface area contributed by atoms with Crippen molar-refractivity contribution in [3.05, 3.63) is 11.6 Å². The van der Waals surface area contributed by atoms with Crippen LogP contribution in [0, 0.1) is 0 Å². The first-order valence-corrected chi connectivity index (χ1v) is 5.05. The van der Waals surface area contributed by atoms with Gasteiger partial charge in [-0.15, -0.1) is 0 Å². The molecular formula is C10H19N3O. The second-order valence-corrected chi connectivity index (χ2v) is 4.35. The summed E-state index contributed by atoms with van der Waals surface area (Å²) in [5, 5.41) is 6.97. The van der Waals surface area contributed by atoms with Gasteiger partial charge < -0.3 is 4.74 Å². The van der Waals surface area contributed by atoms with E-state index < -0.39 is 0 Å². The minimum atomic E-state index is -0.127. The summed E-state index contributed by atoms with van der Waals surface area (Å²) in [5.74, 6) is 1.68. The van der Waals surface area contributed by atoms with Gasteiger partial charge in [0, 0.05) is 6.42 Å². The predicted molar refractivity (Wildman–Crippen MR) is 54.9 cm³/mol. The van der Waals surface area contributed by atoms with Gasteiger partial charge in [0.25, 0.3) is 0 Å². The number of aromatic amines is 1. The fourth-order valence-corrected chi connectivity index (χ4v) is 1.02. The molecule has 0 fully saturated rings. The Hall–Kier alpha value is -0.900. The number of ether oxygens (including phenoxy) is 1. The Balaban J connectivity index is 2.44. The van der Waals surface area contributed by atoms with Gasteiger partial charge in [-0.2, -0.15) is 5.10 Å². The molecule has 1 rings (SSSR count). The van der Waals surface area contributed by atoms with Gasteiger partial charge in [-0.1, -0.05) is 6.92 Å². The van der Waals surface area contributed by atoms with Crippen molar-refractivity contribution >= 4 is 0 Å². The predicted octanol–water partition coefficient (Wildman–Crippen LogP) is 2.07. The quantitative estimate of drug-likeness (QED) is 0.804. The fraction of sp³-hybridized carbons (Fsp3) is 0.800. The van der Waals surface area contributed by atoms with E-state index in [9.17, 15) is 0 Å². The summed E-state index contributed by atoms with van der Waals surface area (Å²) < 4.78 is 5.57. The largest absolute Gasteiger partial charge is 0.368 e. The third-order valence-corrected chi connectivity index (χ3v) is 1.69. The van der Waals surface area contributed by atoms with E-state index in [2.05, 4.69) is 22.1 Å². The highest BCUT2D eigenvalue weighted by molar-refractivity contribution is 4.89. The Morgan fingerprint density at radius 2 is 2.07 bits per heavy atom. The SMILES string of the molecule is CCCc1n[nH]c(COC(C)(C)C)n1. The van der Waals surface area contributed by atoms with Crippen molar-refractivity contribution in [2.24, 2.45) is 0 Å². The third kappa shape index (κ3) is 3.87. The van der Waals surface area contributed by atoms with Gasteiger partial charge in [0.05, 0.1) is 5.60 Å². The highest BCUT2D eigenvalue weighted by atomic mass is 16.5. The van der Waals surface area contributed by atoms with Crippen molar-refractivity contribution in [2.75, 3.05) is 0 Å². The van der Waals surface area contributed by atoms with E-state index in [-0.39, 0.29) is 5.60 Å². The Morgan fingerprint density at radius 3 is 2.64 bits per heavy atom. The lowest BCUT2D eigenvalue weighted by atomic mass is 10.2. The van der Waals surface area contributed by atoms with E-state index in [1.165, 1.54) is 0 Å². The number of H-pyrrole nitrogens is 1. The molecule has 0 atom stereocenters. The monoisotopic (exact) mass is 197 g/mol. The number of rotatable bonds is 4. The van der Waals surface area contributed by atoms with E-state index in [0.29, 0.717) is 6.61 Å². The van der Waals surface area contributed by atoms with Crippen LogP contribution in [-0.4, -0.2) is 20.8 Å². The van der Waals surface area contributed by atoms with Crippen molar-refractivity contribution in [1.29, 1.82) is 0 Å². The Labute approximate surface area is 85.1 Å². The van der Waals surface area contributed by atoms with E-state index in [1.54, 1.807) is 0 Å². The number of hydrogen-bond donors (Lipinski definition) is 1. The Kier molecular flexibility index (Phi) is 3.63. The summed E-state index contributed by atoms with van der Waals surface area (Å²) in [4.78, 5) is 4.31. The summed E-state index contributed by atoms with van der Waals surface area (Å²) >= 11 is 0. The molecule has 0 aliphatic carbocycles. The van der Waals surface area contributed by atoms with Crippen molar-refractivity contribution in [2.45, 2.75) is 52.7 Å². The average Bonchev–Trinajstić information content (AvgIpc) is 2.49. The van der Waals surface area contributed by atoms with E-state index in [0.717, 1.165) is 24.5 Å². The van der Waals surface area contributed by atoms with Crippen LogP contribution in [0.4, 0.5) is 0 Å². The van der Waals surface area contributed by atoms with E-state index in [1.807, 2.05) is 20.8 Å². The molecule has 4 nitrogen and oxygen atoms in total. The molecule has 1 aromatic rings. The molecule has 1 aromatic heterocycles. The standard InChI is InChI=1S/C10H19N3O/c1-5-6-8-11-9(13-12-8)7-14-10(2,3)4/h5-7H2,1-4H3,(H,11,12,13). The van der Waals surface area contributed by atoms with Crippen molar-refractivity contribution in [3.63, 3.8) is 0 Å². The first kappa shape index (κ1) is 11.2. The van der Waals surface area contributed by atoms with Gasteiger partial charge in [0.2, 0.25) is 0 Å². The van der Waals surface area contributed by atoms with Gasteiger partial charge >= 0.3 is 0 Å². The zero-order chi connectivity index (χ0) is 10.6. The second kappa shape index (κ2) is 4.55. The fourth-order valence-electron chi connectivity index (χ4n) is 1.02. The van der Waals surface area contributed by atoms with E-state index in [4.69, 9.17) is 4.74 Å². The molecule has 0 bridgehead atoms. The molecule has 0 aliphatic rings. The molecule has 0 unspecified atom stereocenters. The van der Waals surface area contributed by atoms with Gasteiger partial charge in [0.1, 0.15) is 6.61 Å². The van der Waals surface area contributed by atoms with E-state index >= 15 is 0 Å². The summed E-state index contributed by atoms with van der Waals surface area (Å²) in [7, 11) is 0. The number of aromatic nitrogens is 3. The molecule has 0 aromatic carbocycles. The lowest BCUT2D eigenvalue weighted by Crippen LogP contribution is -2.19. The van der Waals surface area contributed by atoms with Gasteiger partial charge in [-0.05, 0) is 27.2 Å². The first-order chi connectivity index (χ1) is 6.51. The molecule has 0 spiro atoms. The van der Waals surface area contributed by atoms with Crippen LogP contribution in [0.2, 0.25) is 0 Å². The smallest absolute Gasteiger partial charge is 0.150 e. The number of nitrogens with zero attached hydrogens (tertiary/aromatic N) is 2. The average molecular weight is 197 g/mol. The van der Waals surface area contributed by atoms with Crippen LogP contribution >= 0.6 is 0 Å². The van der Waals surface area contributed by atoms with Crippen LogP contribution in [-0.2, 0) is 17.8 Å². The summed E-state index contributed by atoms with van der Waals surface area (Å²) in [6, 6.07) is 0. The molecule has 0 radical (unpaired) electrons. The lowest BCUT2D eigenvalue weighted by molar-refractivity contribution is -0.0180. The molecule has 1 heterocycles. The molecule has 1 N–H and O–H groups in total. The van der Waals surface area contributed by atoms with Crippen molar-refractivity contribution < 1.29 is 4.74 Å². The number of aryl methyl sites for hydroxylation is 1. The van der Waals surface area contributed by atoms with Crippen LogP contribution in [0.15, 0.2) is 0 Å². The number of hydrogen-bond acceptors (Lipinski definition) is 3. The minimum Gasteiger partial charge on any atom is -0.368 e. The van der Waals surface area contributed by atoms with Gasteiger partial charge in [-0.3, -0.25) is 5.10 Å². The van der Waals surface area contributed by atoms with Gasteiger partial charge in [0.15, 0.2) is 11.6 Å². The van der Waals surface area contributed by atoms with Crippen LogP contribution < -0.4 is 0 Å². The van der Waals surface area contributed by atoms with Crippen LogP contribution in [0.1, 0.15) is 45.8 Å². The second-order valence-electron chi connectivity index (χ2n) is 4.35. The molecule has 80 valence electrons. The zero-order valence-electron chi connectivity index (χ0n) is 9.42. The molecule has 14 heavy (non-hydrogen) atoms. The summed E-state index contributed by atoms with van der Waals surface area (Å²) in [6.07, 6.45) is 1.99. The third-order valence-electron chi connectivity index (χ3n) is 1.69. The topological polar surface area (TPSA) is 50.8 Å².